The van der Waals surface area contributed by atoms with Crippen LogP contribution >= 0.6 is 0 Å². The standard InChI is InChI=1S/C26H26FN3O4/c1-16-25-24(29-26(30(25)13-12-28-16)18-8-11-20(14-31)33-15-18)17-6-9-19(10-7-17)34-22-5-3-4-21(32-2)23(22)27/h3-7,9-10,12-13,18,20,31H,8,11,14-15H2,1-2H3. The Hall–Kier alpha value is -3.49. The number of halogens is 1. The van der Waals surface area contributed by atoms with E-state index in [0.29, 0.717) is 12.4 Å². The van der Waals surface area contributed by atoms with Crippen molar-refractivity contribution in [3.63, 3.8) is 0 Å². The topological polar surface area (TPSA) is 78.1 Å². The predicted octanol–water partition coefficient (Wildman–Crippen LogP) is 4.90. The molecule has 0 aliphatic carbocycles. The molecule has 5 rings (SSSR count). The highest BCUT2D eigenvalue weighted by molar-refractivity contribution is 5.79. The van der Waals surface area contributed by atoms with Crippen LogP contribution in [0.2, 0.25) is 0 Å². The molecule has 2 atom stereocenters. The molecule has 1 fully saturated rings. The minimum Gasteiger partial charge on any atom is -0.494 e. The van der Waals surface area contributed by atoms with Crippen LogP contribution in [-0.2, 0) is 4.74 Å². The predicted molar refractivity (Wildman–Crippen MR) is 125 cm³/mol. The van der Waals surface area contributed by atoms with E-state index in [1.54, 1.807) is 36.5 Å². The lowest BCUT2D eigenvalue weighted by Crippen LogP contribution is -2.28. The monoisotopic (exact) mass is 463 g/mol. The first kappa shape index (κ1) is 22.3. The summed E-state index contributed by atoms with van der Waals surface area (Å²) < 4.78 is 33.1. The zero-order chi connectivity index (χ0) is 23.7. The van der Waals surface area contributed by atoms with E-state index in [-0.39, 0.29) is 30.1 Å². The second-order valence-electron chi connectivity index (χ2n) is 8.36. The maximum atomic E-state index is 14.5. The first-order valence-electron chi connectivity index (χ1n) is 11.3. The number of aryl methyl sites for hydroxylation is 1. The highest BCUT2D eigenvalue weighted by Crippen LogP contribution is 2.35. The summed E-state index contributed by atoms with van der Waals surface area (Å²) in [6.45, 7) is 2.52. The Balaban J connectivity index is 1.46. The second-order valence-corrected chi connectivity index (χ2v) is 8.36. The second kappa shape index (κ2) is 9.40. The van der Waals surface area contributed by atoms with Crippen LogP contribution in [0.25, 0.3) is 16.8 Å². The highest BCUT2D eigenvalue weighted by atomic mass is 19.1. The van der Waals surface area contributed by atoms with E-state index in [4.69, 9.17) is 19.2 Å². The molecule has 8 heteroatoms. The minimum absolute atomic E-state index is 0.0391. The summed E-state index contributed by atoms with van der Waals surface area (Å²) in [5.41, 5.74) is 3.54. The number of aromatic nitrogens is 3. The summed E-state index contributed by atoms with van der Waals surface area (Å²) in [5.74, 6) is 1.24. The molecule has 1 aliphatic rings. The van der Waals surface area contributed by atoms with Crippen molar-refractivity contribution in [3.05, 3.63) is 72.2 Å². The van der Waals surface area contributed by atoms with Gasteiger partial charge >= 0.3 is 0 Å². The highest BCUT2D eigenvalue weighted by Gasteiger charge is 2.27. The van der Waals surface area contributed by atoms with E-state index in [1.165, 1.54) is 7.11 Å². The van der Waals surface area contributed by atoms with Gasteiger partial charge in [-0.15, -0.1) is 0 Å². The molecule has 4 aromatic rings. The quantitative estimate of drug-likeness (QED) is 0.438. The molecule has 0 bridgehead atoms. The lowest BCUT2D eigenvalue weighted by molar-refractivity contribution is -0.0282. The fourth-order valence-corrected chi connectivity index (χ4v) is 4.40. The number of rotatable bonds is 6. The van der Waals surface area contributed by atoms with Crippen LogP contribution < -0.4 is 9.47 Å². The van der Waals surface area contributed by atoms with Crippen molar-refractivity contribution in [1.82, 2.24) is 14.4 Å². The zero-order valence-corrected chi connectivity index (χ0v) is 19.1. The number of nitrogens with zero attached hydrogens (tertiary/aromatic N) is 3. The van der Waals surface area contributed by atoms with Crippen molar-refractivity contribution in [1.29, 1.82) is 0 Å². The van der Waals surface area contributed by atoms with E-state index < -0.39 is 5.82 Å². The Bertz CT molecular complexity index is 1300. The smallest absolute Gasteiger partial charge is 0.207 e. The molecule has 0 radical (unpaired) electrons. The first-order valence-corrected chi connectivity index (χ1v) is 11.3. The van der Waals surface area contributed by atoms with Crippen LogP contribution in [0.15, 0.2) is 54.9 Å². The Morgan fingerprint density at radius 2 is 1.94 bits per heavy atom. The lowest BCUT2D eigenvalue weighted by Gasteiger charge is -2.27. The van der Waals surface area contributed by atoms with Crippen LogP contribution in [-0.4, -0.2) is 45.9 Å². The van der Waals surface area contributed by atoms with Crippen molar-refractivity contribution in [3.8, 4) is 28.5 Å². The molecule has 2 aromatic heterocycles. The van der Waals surface area contributed by atoms with Crippen molar-refractivity contribution >= 4 is 5.52 Å². The molecule has 1 saturated heterocycles. The fourth-order valence-electron chi connectivity index (χ4n) is 4.40. The van der Waals surface area contributed by atoms with Crippen LogP contribution in [0.3, 0.4) is 0 Å². The van der Waals surface area contributed by atoms with Gasteiger partial charge in [0.1, 0.15) is 11.6 Å². The van der Waals surface area contributed by atoms with Crippen molar-refractivity contribution in [2.24, 2.45) is 0 Å². The number of benzene rings is 2. The molecule has 1 N–H and O–H groups in total. The fraction of sp³-hybridized carbons (Fsp3) is 0.308. The van der Waals surface area contributed by atoms with Gasteiger partial charge in [0.25, 0.3) is 0 Å². The number of aliphatic hydroxyl groups excluding tert-OH is 1. The molecule has 0 amide bonds. The SMILES string of the molecule is COc1cccc(Oc2ccc(-c3nc(C4CCC(CO)OC4)n4ccnc(C)c34)cc2)c1F. The van der Waals surface area contributed by atoms with Gasteiger partial charge < -0.3 is 19.3 Å². The zero-order valence-electron chi connectivity index (χ0n) is 19.1. The van der Waals surface area contributed by atoms with Gasteiger partial charge in [-0.05, 0) is 56.2 Å². The first-order chi connectivity index (χ1) is 16.6. The average Bonchev–Trinajstić information content (AvgIpc) is 3.27. The normalized spacial score (nSPS) is 18.2. The summed E-state index contributed by atoms with van der Waals surface area (Å²) in [6, 6.07) is 12.2. The molecule has 0 spiro atoms. The molecule has 2 unspecified atom stereocenters. The van der Waals surface area contributed by atoms with Crippen molar-refractivity contribution < 1.29 is 23.7 Å². The average molecular weight is 464 g/mol. The van der Waals surface area contributed by atoms with Gasteiger partial charge in [0.15, 0.2) is 11.5 Å². The molecule has 1 aliphatic heterocycles. The lowest BCUT2D eigenvalue weighted by atomic mass is 9.98. The number of imidazole rings is 1. The largest absolute Gasteiger partial charge is 0.494 e. The van der Waals surface area contributed by atoms with Gasteiger partial charge in [0, 0.05) is 23.9 Å². The summed E-state index contributed by atoms with van der Waals surface area (Å²) in [4.78, 5) is 9.48. The molecule has 34 heavy (non-hydrogen) atoms. The maximum absolute atomic E-state index is 14.5. The number of aliphatic hydroxyl groups is 1. The number of hydrogen-bond acceptors (Lipinski definition) is 6. The Morgan fingerprint density at radius 1 is 1.15 bits per heavy atom. The number of methoxy groups -OCH3 is 1. The molecule has 2 aromatic carbocycles. The van der Waals surface area contributed by atoms with E-state index >= 15 is 0 Å². The van der Waals surface area contributed by atoms with Gasteiger partial charge in [0.2, 0.25) is 5.82 Å². The van der Waals surface area contributed by atoms with Crippen LogP contribution in [0.4, 0.5) is 4.39 Å². The Labute approximate surface area is 196 Å². The van der Waals surface area contributed by atoms with Crippen molar-refractivity contribution in [2.75, 3.05) is 20.3 Å². The van der Waals surface area contributed by atoms with E-state index in [9.17, 15) is 9.50 Å². The molecule has 7 nitrogen and oxygen atoms in total. The molecular weight excluding hydrogens is 437 g/mol. The minimum atomic E-state index is -0.543. The summed E-state index contributed by atoms with van der Waals surface area (Å²) in [7, 11) is 1.42. The number of hydrogen-bond donors (Lipinski definition) is 1. The molecule has 176 valence electrons. The molecular formula is C26H26FN3O4. The van der Waals surface area contributed by atoms with Gasteiger partial charge in [-0.25, -0.2) is 4.98 Å². The van der Waals surface area contributed by atoms with Crippen LogP contribution in [0.1, 0.15) is 30.3 Å². The van der Waals surface area contributed by atoms with Gasteiger partial charge in [-0.3, -0.25) is 9.38 Å². The van der Waals surface area contributed by atoms with Crippen LogP contribution in [0.5, 0.6) is 17.2 Å². The van der Waals surface area contributed by atoms with Crippen molar-refractivity contribution in [2.45, 2.75) is 31.8 Å². The Morgan fingerprint density at radius 3 is 2.65 bits per heavy atom. The van der Waals surface area contributed by atoms with Crippen LogP contribution in [0, 0.1) is 12.7 Å². The Kier molecular flexibility index (Phi) is 6.17. The summed E-state index contributed by atoms with van der Waals surface area (Å²) >= 11 is 0. The molecule has 3 heterocycles. The van der Waals surface area contributed by atoms with Gasteiger partial charge in [-0.2, -0.15) is 4.39 Å². The van der Waals surface area contributed by atoms with Gasteiger partial charge in [0.05, 0.1) is 43.3 Å². The third-order valence-corrected chi connectivity index (χ3v) is 6.21. The maximum Gasteiger partial charge on any atom is 0.207 e. The van der Waals surface area contributed by atoms with E-state index in [1.807, 2.05) is 25.3 Å². The summed E-state index contributed by atoms with van der Waals surface area (Å²) in [5, 5.41) is 9.37. The molecule has 0 saturated carbocycles. The third kappa shape index (κ3) is 4.10. The van der Waals surface area contributed by atoms with Gasteiger partial charge in [-0.1, -0.05) is 6.07 Å². The summed E-state index contributed by atoms with van der Waals surface area (Å²) in [6.07, 6.45) is 5.28. The van der Waals surface area contributed by atoms with E-state index in [0.717, 1.165) is 41.1 Å². The third-order valence-electron chi connectivity index (χ3n) is 6.21. The number of ether oxygens (including phenoxy) is 3. The van der Waals surface area contributed by atoms with E-state index in [2.05, 4.69) is 9.38 Å². The number of fused-ring (bicyclic) bond motifs is 1.